The van der Waals surface area contributed by atoms with Crippen LogP contribution in [0.4, 0.5) is 4.39 Å². The number of thiazole rings is 1. The first-order valence-corrected chi connectivity index (χ1v) is 13.9. The molecule has 35 heavy (non-hydrogen) atoms. The third kappa shape index (κ3) is 4.53. The Bertz CT molecular complexity index is 1430. The summed E-state index contributed by atoms with van der Waals surface area (Å²) in [6, 6.07) is 5.24. The highest BCUT2D eigenvalue weighted by Crippen LogP contribution is 2.46. The number of aliphatic imine (C=N–C) groups is 1. The van der Waals surface area contributed by atoms with Crippen molar-refractivity contribution >= 4 is 44.4 Å². The minimum absolute atomic E-state index is 0.259. The summed E-state index contributed by atoms with van der Waals surface area (Å²) in [6.07, 6.45) is 3.98. The van der Waals surface area contributed by atoms with Crippen molar-refractivity contribution in [3.8, 4) is 0 Å². The van der Waals surface area contributed by atoms with Crippen LogP contribution in [0, 0.1) is 5.82 Å². The van der Waals surface area contributed by atoms with Crippen LogP contribution in [0.25, 0.3) is 5.57 Å². The van der Waals surface area contributed by atoms with E-state index in [0.29, 0.717) is 35.1 Å². The summed E-state index contributed by atoms with van der Waals surface area (Å²) in [5, 5.41) is 6.91. The average Bonchev–Trinajstić information content (AvgIpc) is 3.53. The number of hydrogen-bond donors (Lipinski definition) is 1. The maximum absolute atomic E-state index is 13.9. The average molecular weight is 535 g/mol. The van der Waals surface area contributed by atoms with Crippen molar-refractivity contribution in [3.63, 3.8) is 0 Å². The second-order valence-electron chi connectivity index (χ2n) is 8.82. The molecule has 1 fully saturated rings. The lowest BCUT2D eigenvalue weighted by atomic mass is 9.92. The number of hydrogen-bond acceptors (Lipinski definition) is 7. The number of benzene rings is 1. The molecular formula is C23H24ClFN6O2S2. The van der Waals surface area contributed by atoms with E-state index < -0.39 is 27.1 Å². The molecule has 5 rings (SSSR count). The smallest absolute Gasteiger partial charge is 0.214 e. The molecule has 0 bridgehead atoms. The fraction of sp³-hybridized carbons (Fsp3) is 0.348. The van der Waals surface area contributed by atoms with Crippen LogP contribution >= 0.6 is 22.9 Å². The zero-order valence-corrected chi connectivity index (χ0v) is 21.7. The lowest BCUT2D eigenvalue weighted by Crippen LogP contribution is -2.41. The second-order valence-corrected chi connectivity index (χ2v) is 12.4. The van der Waals surface area contributed by atoms with Crippen molar-refractivity contribution in [2.45, 2.75) is 37.6 Å². The summed E-state index contributed by atoms with van der Waals surface area (Å²) in [5.41, 5.74) is 3.05. The Morgan fingerprint density at radius 2 is 2.09 bits per heavy atom. The van der Waals surface area contributed by atoms with Gasteiger partial charge in [0.1, 0.15) is 11.9 Å². The first-order chi connectivity index (χ1) is 16.6. The molecule has 184 valence electrons. The maximum Gasteiger partial charge on any atom is 0.214 e. The number of sulfonamides is 1. The van der Waals surface area contributed by atoms with E-state index >= 15 is 0 Å². The van der Waals surface area contributed by atoms with E-state index in [2.05, 4.69) is 14.8 Å². The van der Waals surface area contributed by atoms with Crippen molar-refractivity contribution < 1.29 is 12.8 Å². The zero-order chi connectivity index (χ0) is 24.9. The molecule has 0 amide bonds. The fourth-order valence-electron chi connectivity index (χ4n) is 4.37. The topological polar surface area (TPSA) is 92.5 Å². The van der Waals surface area contributed by atoms with Crippen molar-refractivity contribution in [1.29, 1.82) is 0 Å². The quantitative estimate of drug-likeness (QED) is 0.516. The molecule has 0 unspecified atom stereocenters. The maximum atomic E-state index is 13.9. The summed E-state index contributed by atoms with van der Waals surface area (Å²) < 4.78 is 43.8. The molecule has 4 heterocycles. The highest BCUT2D eigenvalue weighted by atomic mass is 35.5. The lowest BCUT2D eigenvalue weighted by Gasteiger charge is -2.32. The lowest BCUT2D eigenvalue weighted by molar-refractivity contribution is 0.514. The minimum Gasteiger partial charge on any atom is -0.326 e. The first kappa shape index (κ1) is 24.1. The molecule has 2 atom stereocenters. The van der Waals surface area contributed by atoms with E-state index in [1.54, 1.807) is 30.8 Å². The molecule has 3 aromatic rings. The van der Waals surface area contributed by atoms with E-state index in [-0.39, 0.29) is 11.1 Å². The molecule has 12 heteroatoms. The Kier molecular flexibility index (Phi) is 6.28. The Morgan fingerprint density at radius 3 is 2.71 bits per heavy atom. The van der Waals surface area contributed by atoms with Gasteiger partial charge in [-0.3, -0.25) is 9.67 Å². The van der Waals surface area contributed by atoms with Gasteiger partial charge in [-0.05, 0) is 32.0 Å². The van der Waals surface area contributed by atoms with Crippen molar-refractivity contribution in [2.24, 2.45) is 12.0 Å². The van der Waals surface area contributed by atoms with E-state index in [1.165, 1.54) is 23.5 Å². The van der Waals surface area contributed by atoms with Crippen LogP contribution in [0.3, 0.4) is 0 Å². The molecule has 2 aliphatic heterocycles. The highest BCUT2D eigenvalue weighted by Gasteiger charge is 2.42. The summed E-state index contributed by atoms with van der Waals surface area (Å²) in [6.45, 7) is 3.70. The minimum atomic E-state index is -3.49. The van der Waals surface area contributed by atoms with E-state index in [0.717, 1.165) is 11.3 Å². The number of aryl methyl sites for hydroxylation is 1. The van der Waals surface area contributed by atoms with Gasteiger partial charge in [-0.1, -0.05) is 17.7 Å². The highest BCUT2D eigenvalue weighted by molar-refractivity contribution is 7.90. The Hall–Kier alpha value is -2.60. The van der Waals surface area contributed by atoms with Gasteiger partial charge in [-0.2, -0.15) is 5.10 Å². The number of aromatic nitrogens is 3. The number of fused-ring (bicyclic) bond motifs is 1. The van der Waals surface area contributed by atoms with E-state index in [9.17, 15) is 12.8 Å². The molecule has 8 nitrogen and oxygen atoms in total. The Morgan fingerprint density at radius 1 is 1.29 bits per heavy atom. The van der Waals surface area contributed by atoms with Crippen LogP contribution in [0.5, 0.6) is 0 Å². The van der Waals surface area contributed by atoms with Crippen molar-refractivity contribution in [3.05, 3.63) is 74.8 Å². The molecule has 2 aromatic heterocycles. The molecular weight excluding hydrogens is 511 g/mol. The second kappa shape index (κ2) is 9.12. The van der Waals surface area contributed by atoms with Crippen LogP contribution in [0.15, 0.2) is 52.7 Å². The number of halogens is 2. The normalized spacial score (nSPS) is 20.5. The summed E-state index contributed by atoms with van der Waals surface area (Å²) in [5.74, 6) is 0.197. The van der Waals surface area contributed by atoms with Crippen LogP contribution < -0.4 is 4.72 Å². The molecule has 0 spiro atoms. The largest absolute Gasteiger partial charge is 0.326 e. The van der Waals surface area contributed by atoms with Crippen LogP contribution in [-0.2, 0) is 17.1 Å². The number of amidine groups is 1. The Labute approximate surface area is 212 Å². The van der Waals surface area contributed by atoms with Gasteiger partial charge in [0, 0.05) is 65.7 Å². The molecule has 0 radical (unpaired) electrons. The standard InChI is InChI=1S/C23H24ClFN6O2S2/c1-13(2)35(32,33)29-15-11-19-20(18-6-8-30(3)28-18)21(16-5-4-14(25)10-17(16)24)27-22(31(19)12-15)23-26-7-9-34-23/h4-10,13,15,21,29H,11-12H2,1-3H3/t15-,21-/m0/s1. The van der Waals surface area contributed by atoms with E-state index in [4.69, 9.17) is 16.6 Å². The predicted molar refractivity (Wildman–Crippen MR) is 135 cm³/mol. The number of rotatable bonds is 6. The molecule has 1 saturated heterocycles. The molecule has 0 aliphatic carbocycles. The van der Waals surface area contributed by atoms with Gasteiger partial charge < -0.3 is 4.90 Å². The third-order valence-corrected chi connectivity index (χ3v) is 9.08. The first-order valence-electron chi connectivity index (χ1n) is 11.1. The summed E-state index contributed by atoms with van der Waals surface area (Å²) >= 11 is 7.96. The van der Waals surface area contributed by atoms with Crippen LogP contribution in [0.1, 0.15) is 42.6 Å². The molecule has 2 aliphatic rings. The Balaban J connectivity index is 1.69. The summed E-state index contributed by atoms with van der Waals surface area (Å²) in [7, 11) is -1.66. The predicted octanol–water partition coefficient (Wildman–Crippen LogP) is 3.98. The van der Waals surface area contributed by atoms with Gasteiger partial charge in [0.2, 0.25) is 10.0 Å². The van der Waals surface area contributed by atoms with Crippen LogP contribution in [0.2, 0.25) is 5.02 Å². The van der Waals surface area contributed by atoms with Crippen molar-refractivity contribution in [2.75, 3.05) is 6.54 Å². The van der Waals surface area contributed by atoms with Gasteiger partial charge in [0.15, 0.2) is 10.8 Å². The SMILES string of the molecule is CC(C)S(=O)(=O)N[C@H]1CC2=C(c3ccn(C)n3)[C@H](c3ccc(F)cc3Cl)N=C(c3nccs3)N2C1. The van der Waals surface area contributed by atoms with Crippen LogP contribution in [-0.4, -0.2) is 51.8 Å². The van der Waals surface area contributed by atoms with Gasteiger partial charge in [0.05, 0.1) is 10.9 Å². The fourth-order valence-corrected chi connectivity index (χ4v) is 6.18. The van der Waals surface area contributed by atoms with Crippen molar-refractivity contribution in [1.82, 2.24) is 24.4 Å². The van der Waals surface area contributed by atoms with Gasteiger partial charge in [-0.15, -0.1) is 11.3 Å². The molecule has 1 aromatic carbocycles. The third-order valence-electron chi connectivity index (χ3n) is 6.08. The summed E-state index contributed by atoms with van der Waals surface area (Å²) in [4.78, 5) is 11.5. The number of nitrogens with one attached hydrogen (secondary N) is 1. The van der Waals surface area contributed by atoms with Gasteiger partial charge >= 0.3 is 0 Å². The van der Waals surface area contributed by atoms with E-state index in [1.807, 2.05) is 29.6 Å². The molecule has 0 saturated carbocycles. The molecule has 1 N–H and O–H groups in total. The van der Waals surface area contributed by atoms with Gasteiger partial charge in [-0.25, -0.2) is 22.5 Å². The number of nitrogens with zero attached hydrogens (tertiary/aromatic N) is 5. The zero-order valence-electron chi connectivity index (χ0n) is 19.3. The monoisotopic (exact) mass is 534 g/mol. The van der Waals surface area contributed by atoms with Gasteiger partial charge in [0.25, 0.3) is 0 Å².